The van der Waals surface area contributed by atoms with Gasteiger partial charge in [0.05, 0.1) is 16.4 Å². The van der Waals surface area contributed by atoms with Gasteiger partial charge in [-0.25, -0.2) is 13.1 Å². The number of benzene rings is 1. The molecule has 1 saturated carbocycles. The summed E-state index contributed by atoms with van der Waals surface area (Å²) in [5.74, 6) is -0.629. The number of sulfonamides is 1. The molecular formula is C26H33ClN2O4S. The number of aromatic nitrogens is 1. The van der Waals surface area contributed by atoms with Crippen molar-refractivity contribution < 1.29 is 18.3 Å². The fourth-order valence-corrected chi connectivity index (χ4v) is 7.14. The van der Waals surface area contributed by atoms with Crippen LogP contribution in [0.15, 0.2) is 40.3 Å². The normalized spacial score (nSPS) is 22.1. The molecular weight excluding hydrogens is 472 g/mol. The number of carbonyl (C=O) groups is 1. The van der Waals surface area contributed by atoms with Crippen molar-refractivity contribution in [2.45, 2.75) is 83.1 Å². The first-order valence-corrected chi connectivity index (χ1v) is 13.8. The summed E-state index contributed by atoms with van der Waals surface area (Å²) in [6.45, 7) is 6.13. The van der Waals surface area contributed by atoms with Gasteiger partial charge in [-0.15, -0.1) is 0 Å². The molecule has 4 rings (SSSR count). The average molecular weight is 505 g/mol. The van der Waals surface area contributed by atoms with E-state index >= 15 is 0 Å². The largest absolute Gasteiger partial charge is 0.481 e. The number of fused-ring (bicyclic) bond motifs is 1. The zero-order chi connectivity index (χ0) is 24.7. The van der Waals surface area contributed by atoms with Crippen LogP contribution >= 0.6 is 11.6 Å². The third-order valence-corrected chi connectivity index (χ3v) is 9.13. The third-order valence-electron chi connectivity index (χ3n) is 7.10. The van der Waals surface area contributed by atoms with E-state index in [1.54, 1.807) is 12.2 Å². The molecule has 184 valence electrons. The molecule has 34 heavy (non-hydrogen) atoms. The molecule has 6 nitrogen and oxygen atoms in total. The molecule has 1 atom stereocenters. The molecule has 8 heteroatoms. The lowest BCUT2D eigenvalue weighted by Gasteiger charge is -2.31. The van der Waals surface area contributed by atoms with E-state index in [1.807, 2.05) is 25.1 Å². The second kappa shape index (κ2) is 9.51. The number of rotatable bonds is 7. The number of nitrogens with one attached hydrogen (secondary N) is 2. The molecule has 2 aliphatic rings. The van der Waals surface area contributed by atoms with Gasteiger partial charge in [-0.2, -0.15) is 0 Å². The third kappa shape index (κ3) is 4.97. The lowest BCUT2D eigenvalue weighted by Crippen LogP contribution is -2.38. The summed E-state index contributed by atoms with van der Waals surface area (Å²) in [4.78, 5) is 15.3. The van der Waals surface area contributed by atoms with E-state index in [-0.39, 0.29) is 22.4 Å². The van der Waals surface area contributed by atoms with Gasteiger partial charge in [-0.05, 0) is 48.4 Å². The highest BCUT2D eigenvalue weighted by molar-refractivity contribution is 7.93. The van der Waals surface area contributed by atoms with Crippen molar-refractivity contribution in [2.24, 2.45) is 0 Å². The van der Waals surface area contributed by atoms with Crippen LogP contribution in [0.25, 0.3) is 10.9 Å². The summed E-state index contributed by atoms with van der Waals surface area (Å²) in [5.41, 5.74) is 2.62. The topological polar surface area (TPSA) is 99.3 Å². The molecule has 0 amide bonds. The number of aliphatic carboxylic acids is 1. The highest BCUT2D eigenvalue weighted by atomic mass is 35.5. The van der Waals surface area contributed by atoms with E-state index in [9.17, 15) is 18.3 Å². The van der Waals surface area contributed by atoms with Crippen molar-refractivity contribution in [1.29, 1.82) is 0 Å². The predicted molar refractivity (Wildman–Crippen MR) is 137 cm³/mol. The zero-order valence-electron chi connectivity index (χ0n) is 19.9. The number of aromatic amines is 1. The summed E-state index contributed by atoms with van der Waals surface area (Å²) < 4.78 is 29.5. The molecule has 0 aliphatic heterocycles. The summed E-state index contributed by atoms with van der Waals surface area (Å²) >= 11 is 6.43. The minimum absolute atomic E-state index is 0.0660. The van der Waals surface area contributed by atoms with Gasteiger partial charge < -0.3 is 10.1 Å². The summed E-state index contributed by atoms with van der Waals surface area (Å²) in [6.07, 6.45) is 8.55. The first kappa shape index (κ1) is 25.0. The fourth-order valence-electron chi connectivity index (χ4n) is 5.15. The van der Waals surface area contributed by atoms with Gasteiger partial charge in [-0.1, -0.05) is 69.9 Å². The van der Waals surface area contributed by atoms with E-state index < -0.39 is 21.4 Å². The van der Waals surface area contributed by atoms with Crippen LogP contribution < -0.4 is 4.72 Å². The molecule has 2 aliphatic carbocycles. The van der Waals surface area contributed by atoms with Gasteiger partial charge in [0.15, 0.2) is 0 Å². The van der Waals surface area contributed by atoms with Crippen molar-refractivity contribution in [3.8, 4) is 0 Å². The van der Waals surface area contributed by atoms with E-state index in [4.69, 9.17) is 11.6 Å². The molecule has 1 aromatic heterocycles. The van der Waals surface area contributed by atoms with E-state index in [0.717, 1.165) is 54.3 Å². The molecule has 0 saturated heterocycles. The lowest BCUT2D eigenvalue weighted by molar-refractivity contribution is -0.136. The number of carboxylic acids is 1. The Hall–Kier alpha value is -2.09. The molecule has 1 fully saturated rings. The smallest absolute Gasteiger partial charge is 0.307 e. The maximum absolute atomic E-state index is 13.3. The first-order chi connectivity index (χ1) is 16.0. The number of hydrogen-bond acceptors (Lipinski definition) is 3. The first-order valence-electron chi connectivity index (χ1n) is 12.0. The molecule has 0 spiro atoms. The number of halogens is 1. The Morgan fingerprint density at radius 1 is 1.26 bits per heavy atom. The van der Waals surface area contributed by atoms with Crippen LogP contribution in [0.3, 0.4) is 0 Å². The van der Waals surface area contributed by atoms with Crippen LogP contribution in [0.5, 0.6) is 0 Å². The van der Waals surface area contributed by atoms with E-state index in [2.05, 4.69) is 23.6 Å². The van der Waals surface area contributed by atoms with E-state index in [1.165, 1.54) is 0 Å². The molecule has 1 aromatic carbocycles. The number of hydrogen-bond donors (Lipinski definition) is 3. The standard InChI is InChI=1S/C26H33ClN2O4S/c1-16(2)17-9-10-22-19(13-17)20(14-24(30)31)25(28-22)26(3)12-11-21(27)23(15-26)34(32,33)29-18-7-5-4-6-8-18/h9-11,13,15-16,18,28-29H,4-8,12,14H2,1-3H3,(H,30,31). The van der Waals surface area contributed by atoms with Crippen LogP contribution in [-0.4, -0.2) is 30.5 Å². The molecule has 3 N–H and O–H groups in total. The number of carboxylic acid groups (broad SMARTS) is 1. The summed E-state index contributed by atoms with van der Waals surface area (Å²) in [5, 5.41) is 10.7. The van der Waals surface area contributed by atoms with Crippen molar-refractivity contribution in [3.05, 3.63) is 57.1 Å². The Kier molecular flexibility index (Phi) is 7.00. The van der Waals surface area contributed by atoms with Gasteiger partial charge in [0.2, 0.25) is 10.0 Å². The lowest BCUT2D eigenvalue weighted by atomic mass is 9.78. The Bertz CT molecular complexity index is 1270. The maximum atomic E-state index is 13.3. The quantitative estimate of drug-likeness (QED) is 0.441. The zero-order valence-corrected chi connectivity index (χ0v) is 21.5. The van der Waals surface area contributed by atoms with Crippen LogP contribution in [0.1, 0.15) is 82.0 Å². The van der Waals surface area contributed by atoms with Gasteiger partial charge in [0.1, 0.15) is 0 Å². The highest BCUT2D eigenvalue weighted by Gasteiger charge is 2.37. The van der Waals surface area contributed by atoms with Crippen molar-refractivity contribution in [3.63, 3.8) is 0 Å². The second-order valence-electron chi connectivity index (χ2n) is 10.1. The Labute approximate surface area is 206 Å². The van der Waals surface area contributed by atoms with Crippen molar-refractivity contribution in [2.75, 3.05) is 0 Å². The van der Waals surface area contributed by atoms with Crippen LogP contribution in [0, 0.1) is 0 Å². The number of allylic oxidation sites excluding steroid dienone is 3. The fraction of sp³-hybridized carbons (Fsp3) is 0.500. The van der Waals surface area contributed by atoms with Gasteiger partial charge in [-0.3, -0.25) is 4.79 Å². The minimum atomic E-state index is -3.81. The molecule has 1 heterocycles. The number of H-pyrrole nitrogens is 1. The Morgan fingerprint density at radius 3 is 2.62 bits per heavy atom. The maximum Gasteiger partial charge on any atom is 0.307 e. The predicted octanol–water partition coefficient (Wildman–Crippen LogP) is 5.84. The average Bonchev–Trinajstić information content (AvgIpc) is 3.14. The summed E-state index contributed by atoms with van der Waals surface area (Å²) in [6, 6.07) is 5.97. The Morgan fingerprint density at radius 2 is 1.97 bits per heavy atom. The molecule has 0 radical (unpaired) electrons. The second-order valence-corrected chi connectivity index (χ2v) is 12.2. The van der Waals surface area contributed by atoms with Crippen LogP contribution in [-0.2, 0) is 26.7 Å². The van der Waals surface area contributed by atoms with Gasteiger partial charge in [0, 0.05) is 28.1 Å². The van der Waals surface area contributed by atoms with E-state index in [0.29, 0.717) is 17.9 Å². The van der Waals surface area contributed by atoms with Crippen LogP contribution in [0.2, 0.25) is 0 Å². The minimum Gasteiger partial charge on any atom is -0.481 e. The monoisotopic (exact) mass is 504 g/mol. The van der Waals surface area contributed by atoms with Gasteiger partial charge >= 0.3 is 5.97 Å². The van der Waals surface area contributed by atoms with Crippen LogP contribution in [0.4, 0.5) is 0 Å². The Balaban J connectivity index is 1.80. The van der Waals surface area contributed by atoms with Crippen molar-refractivity contribution >= 4 is 38.5 Å². The molecule has 2 aromatic rings. The SMILES string of the molecule is CC(C)c1ccc2[nH]c(C3(C)C=C(S(=O)(=O)NC4CCCCC4)C(Cl)=CC3)c(CC(=O)O)c2c1. The molecule has 0 bridgehead atoms. The molecule has 1 unspecified atom stereocenters. The highest BCUT2D eigenvalue weighted by Crippen LogP contribution is 2.42. The summed E-state index contributed by atoms with van der Waals surface area (Å²) in [7, 11) is -3.81. The van der Waals surface area contributed by atoms with Crippen molar-refractivity contribution in [1.82, 2.24) is 9.71 Å². The van der Waals surface area contributed by atoms with Gasteiger partial charge in [0.25, 0.3) is 0 Å².